The molecule has 36 valence electrons. The molecule has 6 heavy (non-hydrogen) atoms. The molecule has 0 unspecified atom stereocenters. The van der Waals surface area contributed by atoms with E-state index in [2.05, 4.69) is 11.8 Å². The largest absolute Gasteiger partial charge is 0.162 e. The van der Waals surface area contributed by atoms with Gasteiger partial charge in [0.15, 0.2) is 0 Å². The van der Waals surface area contributed by atoms with E-state index in [1.54, 1.807) is 0 Å². The normalized spacial score (nSPS) is 20.0. The molecule has 0 bridgehead atoms. The fraction of sp³-hybridized carbons (Fsp3) is 1.00. The molecule has 0 saturated carbocycles. The molecule has 1 heterocycles. The number of thioether (sulfide) groups is 1. The van der Waals surface area contributed by atoms with E-state index in [4.69, 9.17) is 0 Å². The van der Waals surface area contributed by atoms with Crippen molar-refractivity contribution in [3.8, 4) is 0 Å². The highest BCUT2D eigenvalue weighted by Crippen LogP contribution is 2.14. The van der Waals surface area contributed by atoms with Crippen LogP contribution >= 0.6 is 11.8 Å². The zero-order valence-electron chi connectivity index (χ0n) is 3.24. The van der Waals surface area contributed by atoms with Crippen LogP contribution in [-0.4, -0.2) is 19.9 Å². The molecule has 1 aliphatic rings. The van der Waals surface area contributed by atoms with Crippen LogP contribution in [0.25, 0.3) is 0 Å². The second-order valence-electron chi connectivity index (χ2n) is 1.32. The first-order valence-electron chi connectivity index (χ1n) is 2.08. The molecule has 0 aromatic heterocycles. The van der Waals surface area contributed by atoms with E-state index in [0.717, 1.165) is 0 Å². The summed E-state index contributed by atoms with van der Waals surface area (Å²) in [6, 6.07) is 0. The van der Waals surface area contributed by atoms with Crippen molar-refractivity contribution < 1.29 is 0 Å². The topological polar surface area (TPSA) is 0 Å². The third-order valence-electron chi connectivity index (χ3n) is 0.827. The zero-order valence-corrected chi connectivity index (χ0v) is 4.05. The van der Waals surface area contributed by atoms with E-state index in [9.17, 15) is 0 Å². The summed E-state index contributed by atoms with van der Waals surface area (Å²) in [7, 11) is 0. The SMILES string of the molecule is B.C1CCSC1. The smallest absolute Gasteiger partial charge is 0.0814 e. The van der Waals surface area contributed by atoms with Crippen molar-refractivity contribution in [2.24, 2.45) is 0 Å². The lowest BCUT2D eigenvalue weighted by Crippen LogP contribution is -1.58. The average Bonchev–Trinajstić information content (AvgIpc) is 1.76. The molecule has 0 atom stereocenters. The van der Waals surface area contributed by atoms with E-state index in [-0.39, 0.29) is 8.41 Å². The maximum Gasteiger partial charge on any atom is 0.0814 e. The van der Waals surface area contributed by atoms with Gasteiger partial charge in [-0.1, -0.05) is 0 Å². The highest BCUT2D eigenvalue weighted by molar-refractivity contribution is 7.99. The predicted molar refractivity (Wildman–Crippen MR) is 36.5 cm³/mol. The Labute approximate surface area is 45.3 Å². The summed E-state index contributed by atoms with van der Waals surface area (Å²) in [5.74, 6) is 2.83. The highest BCUT2D eigenvalue weighted by atomic mass is 32.2. The second-order valence-corrected chi connectivity index (χ2v) is 2.54. The Morgan fingerprint density at radius 1 is 1.00 bits per heavy atom. The minimum Gasteiger partial charge on any atom is -0.162 e. The summed E-state index contributed by atoms with van der Waals surface area (Å²) < 4.78 is 0. The van der Waals surface area contributed by atoms with Gasteiger partial charge in [0.1, 0.15) is 0 Å². The van der Waals surface area contributed by atoms with Crippen molar-refractivity contribution in [2.45, 2.75) is 12.8 Å². The molecule has 0 radical (unpaired) electrons. The summed E-state index contributed by atoms with van der Waals surface area (Å²) >= 11 is 2.07. The lowest BCUT2D eigenvalue weighted by Gasteiger charge is -1.69. The minimum atomic E-state index is 0. The summed E-state index contributed by atoms with van der Waals surface area (Å²) in [6.07, 6.45) is 2.93. The predicted octanol–water partition coefficient (Wildman–Crippen LogP) is 0.329. The Hall–Kier alpha value is 0.415. The van der Waals surface area contributed by atoms with E-state index < -0.39 is 0 Å². The Kier molecular flexibility index (Phi) is 3.85. The van der Waals surface area contributed by atoms with Gasteiger partial charge < -0.3 is 0 Å². The third-order valence-corrected chi connectivity index (χ3v) is 1.98. The number of hydrogen-bond donors (Lipinski definition) is 0. The summed E-state index contributed by atoms with van der Waals surface area (Å²) in [5, 5.41) is 0. The van der Waals surface area contributed by atoms with E-state index in [1.807, 2.05) is 0 Å². The second kappa shape index (κ2) is 3.60. The molecule has 0 nitrogen and oxygen atoms in total. The van der Waals surface area contributed by atoms with Gasteiger partial charge in [-0.3, -0.25) is 0 Å². The number of rotatable bonds is 0. The van der Waals surface area contributed by atoms with Crippen molar-refractivity contribution in [1.82, 2.24) is 0 Å². The molecule has 0 aromatic rings. The molecular weight excluding hydrogens is 90.9 g/mol. The van der Waals surface area contributed by atoms with Crippen LogP contribution in [0.15, 0.2) is 0 Å². The van der Waals surface area contributed by atoms with E-state index in [0.29, 0.717) is 0 Å². The molecular formula is C4H11BS. The van der Waals surface area contributed by atoms with Gasteiger partial charge in [0.05, 0.1) is 8.41 Å². The summed E-state index contributed by atoms with van der Waals surface area (Å²) in [6.45, 7) is 0. The van der Waals surface area contributed by atoms with Crippen LogP contribution in [0.2, 0.25) is 0 Å². The first-order valence-corrected chi connectivity index (χ1v) is 3.23. The molecule has 1 rings (SSSR count). The van der Waals surface area contributed by atoms with Gasteiger partial charge in [0.25, 0.3) is 0 Å². The molecule has 0 aromatic carbocycles. The molecule has 1 saturated heterocycles. The molecule has 1 fully saturated rings. The molecule has 0 aliphatic carbocycles. The molecule has 0 N–H and O–H groups in total. The molecule has 0 amide bonds. The molecule has 1 aliphatic heterocycles. The van der Waals surface area contributed by atoms with Crippen molar-refractivity contribution in [1.29, 1.82) is 0 Å². The molecule has 0 spiro atoms. The van der Waals surface area contributed by atoms with Gasteiger partial charge in [-0.2, -0.15) is 11.8 Å². The van der Waals surface area contributed by atoms with Crippen LogP contribution in [0.3, 0.4) is 0 Å². The fourth-order valence-corrected chi connectivity index (χ4v) is 1.53. The zero-order chi connectivity index (χ0) is 3.54. The van der Waals surface area contributed by atoms with Crippen molar-refractivity contribution in [3.05, 3.63) is 0 Å². The van der Waals surface area contributed by atoms with Crippen LogP contribution in [0, 0.1) is 0 Å². The number of hydrogen-bond acceptors (Lipinski definition) is 1. The van der Waals surface area contributed by atoms with Gasteiger partial charge in [-0.25, -0.2) is 0 Å². The molecule has 2 heteroatoms. The van der Waals surface area contributed by atoms with Crippen LogP contribution in [-0.2, 0) is 0 Å². The van der Waals surface area contributed by atoms with Gasteiger partial charge in [0, 0.05) is 0 Å². The minimum absolute atomic E-state index is 0. The Morgan fingerprint density at radius 3 is 1.67 bits per heavy atom. The summed E-state index contributed by atoms with van der Waals surface area (Å²) in [4.78, 5) is 0. The quantitative estimate of drug-likeness (QED) is 0.397. The first kappa shape index (κ1) is 6.41. The third kappa shape index (κ3) is 1.76. The first-order chi connectivity index (χ1) is 2.50. The maximum absolute atomic E-state index is 2.07. The van der Waals surface area contributed by atoms with E-state index >= 15 is 0 Å². The Morgan fingerprint density at radius 2 is 1.50 bits per heavy atom. The highest BCUT2D eigenvalue weighted by Gasteiger charge is 1.95. The maximum atomic E-state index is 2.07. The van der Waals surface area contributed by atoms with Crippen LogP contribution in [0.4, 0.5) is 0 Å². The van der Waals surface area contributed by atoms with Crippen molar-refractivity contribution in [3.63, 3.8) is 0 Å². The standard InChI is InChI=1S/C4H8S.BH3/c1-2-4-5-3-1;/h1-4H2;1H3. The van der Waals surface area contributed by atoms with Gasteiger partial charge in [-0.15, -0.1) is 0 Å². The van der Waals surface area contributed by atoms with E-state index in [1.165, 1.54) is 24.3 Å². The monoisotopic (exact) mass is 102 g/mol. The van der Waals surface area contributed by atoms with Crippen LogP contribution in [0.5, 0.6) is 0 Å². The van der Waals surface area contributed by atoms with Crippen molar-refractivity contribution in [2.75, 3.05) is 11.5 Å². The Balaban J connectivity index is 0.000000250. The lowest BCUT2D eigenvalue weighted by molar-refractivity contribution is 0.949. The summed E-state index contributed by atoms with van der Waals surface area (Å²) in [5.41, 5.74) is 0. The van der Waals surface area contributed by atoms with Gasteiger partial charge in [-0.05, 0) is 24.3 Å². The fourth-order valence-electron chi connectivity index (χ4n) is 0.510. The van der Waals surface area contributed by atoms with Gasteiger partial charge in [0.2, 0.25) is 0 Å². The Bertz CT molecular complexity index is 19.1. The van der Waals surface area contributed by atoms with Gasteiger partial charge >= 0.3 is 0 Å². The van der Waals surface area contributed by atoms with Crippen molar-refractivity contribution >= 4 is 20.2 Å². The average molecular weight is 102 g/mol. The van der Waals surface area contributed by atoms with Crippen LogP contribution in [0.1, 0.15) is 12.8 Å². The van der Waals surface area contributed by atoms with Crippen LogP contribution < -0.4 is 0 Å². The lowest BCUT2D eigenvalue weighted by atomic mass is 10.4.